The smallest absolute Gasteiger partial charge is 0.324 e. The van der Waals surface area contributed by atoms with E-state index in [1.807, 2.05) is 25.1 Å². The number of nitrogens with one attached hydrogen (secondary N) is 1. The minimum atomic E-state index is -1.55. The fraction of sp³-hybridized carbons (Fsp3) is 0.471. The number of rotatable bonds is 5. The third kappa shape index (κ3) is 2.54. The summed E-state index contributed by atoms with van der Waals surface area (Å²) in [5.41, 5.74) is 6.02. The molecule has 0 aliphatic heterocycles. The highest BCUT2D eigenvalue weighted by molar-refractivity contribution is 5.92. The number of hydrogen-bond donors (Lipinski definition) is 4. The fourth-order valence-electron chi connectivity index (χ4n) is 4.20. The summed E-state index contributed by atoms with van der Waals surface area (Å²) < 4.78 is 0. The third-order valence-corrected chi connectivity index (χ3v) is 5.36. The van der Waals surface area contributed by atoms with E-state index in [4.69, 9.17) is 5.73 Å². The Morgan fingerprint density at radius 3 is 2.54 bits per heavy atom. The highest BCUT2D eigenvalue weighted by Gasteiger charge is 2.73. The Balaban J connectivity index is 1.71. The molecule has 0 saturated heterocycles. The zero-order valence-electron chi connectivity index (χ0n) is 13.2. The van der Waals surface area contributed by atoms with Gasteiger partial charge in [0.15, 0.2) is 0 Å². The van der Waals surface area contributed by atoms with Crippen molar-refractivity contribution < 1.29 is 24.6 Å². The van der Waals surface area contributed by atoms with Crippen LogP contribution in [0, 0.1) is 30.6 Å². The van der Waals surface area contributed by atoms with Crippen LogP contribution in [0.1, 0.15) is 18.4 Å². The Labute approximate surface area is 138 Å². The number of carbonyl (C=O) groups excluding carboxylic acids is 1. The van der Waals surface area contributed by atoms with Crippen LogP contribution in [0.3, 0.4) is 0 Å². The maximum atomic E-state index is 12.3. The van der Waals surface area contributed by atoms with E-state index in [0.717, 1.165) is 5.56 Å². The molecule has 1 amide bonds. The van der Waals surface area contributed by atoms with E-state index < -0.39 is 29.3 Å². The van der Waals surface area contributed by atoms with Crippen LogP contribution in [0.25, 0.3) is 0 Å². The van der Waals surface area contributed by atoms with Gasteiger partial charge in [0.05, 0.1) is 5.92 Å². The maximum Gasteiger partial charge on any atom is 0.324 e. The number of amides is 1. The number of aliphatic carboxylic acids is 2. The average Bonchev–Trinajstić information content (AvgIpc) is 3.18. The van der Waals surface area contributed by atoms with Gasteiger partial charge in [0.1, 0.15) is 5.54 Å². The molecular formula is C17H20N2O5. The molecule has 24 heavy (non-hydrogen) atoms. The van der Waals surface area contributed by atoms with E-state index in [1.165, 1.54) is 0 Å². The first-order valence-electron chi connectivity index (χ1n) is 7.86. The molecule has 0 spiro atoms. The Hall–Kier alpha value is -2.41. The van der Waals surface area contributed by atoms with Gasteiger partial charge in [0.25, 0.3) is 0 Å². The van der Waals surface area contributed by atoms with Crippen molar-refractivity contribution in [3.05, 3.63) is 29.8 Å². The lowest BCUT2D eigenvalue weighted by molar-refractivity contribution is -0.146. The lowest BCUT2D eigenvalue weighted by atomic mass is 9.86. The van der Waals surface area contributed by atoms with E-state index in [2.05, 4.69) is 5.32 Å². The van der Waals surface area contributed by atoms with Gasteiger partial charge in [-0.2, -0.15) is 0 Å². The van der Waals surface area contributed by atoms with Gasteiger partial charge >= 0.3 is 11.9 Å². The van der Waals surface area contributed by atoms with Crippen LogP contribution in [0.15, 0.2) is 24.3 Å². The van der Waals surface area contributed by atoms with Gasteiger partial charge in [-0.15, -0.1) is 0 Å². The molecule has 5 atom stereocenters. The van der Waals surface area contributed by atoms with Gasteiger partial charge in [-0.25, -0.2) is 0 Å². The monoisotopic (exact) mass is 332 g/mol. The highest BCUT2D eigenvalue weighted by atomic mass is 16.4. The Kier molecular flexibility index (Phi) is 3.83. The highest BCUT2D eigenvalue weighted by Crippen LogP contribution is 2.65. The Bertz CT molecular complexity index is 719. The van der Waals surface area contributed by atoms with Crippen molar-refractivity contribution in [1.82, 2.24) is 0 Å². The molecule has 2 saturated carbocycles. The van der Waals surface area contributed by atoms with Crippen molar-refractivity contribution in [3.63, 3.8) is 0 Å². The molecule has 0 radical (unpaired) electrons. The van der Waals surface area contributed by atoms with Crippen molar-refractivity contribution in [2.75, 3.05) is 5.32 Å². The second-order valence-corrected chi connectivity index (χ2v) is 6.84. The van der Waals surface area contributed by atoms with Gasteiger partial charge in [0.2, 0.25) is 5.91 Å². The maximum absolute atomic E-state index is 12.3. The molecule has 1 aromatic carbocycles. The molecular weight excluding hydrogens is 312 g/mol. The molecule has 7 heteroatoms. The van der Waals surface area contributed by atoms with Gasteiger partial charge in [-0.3, -0.25) is 14.4 Å². The first kappa shape index (κ1) is 16.4. The SMILES string of the molecule is Cc1ccccc1NC(=O)C[C@H]1C[C@@](N)(C(=O)O)[C@@H]2[C@@H](C(=O)O)[C@H]12. The number of hydrogen-bond acceptors (Lipinski definition) is 4. The summed E-state index contributed by atoms with van der Waals surface area (Å²) in [5.74, 6) is -4.51. The number of aryl methyl sites for hydroxylation is 1. The molecule has 128 valence electrons. The quantitative estimate of drug-likeness (QED) is 0.638. The van der Waals surface area contributed by atoms with E-state index in [0.29, 0.717) is 5.69 Å². The molecule has 5 N–H and O–H groups in total. The summed E-state index contributed by atoms with van der Waals surface area (Å²) >= 11 is 0. The number of fused-ring (bicyclic) bond motifs is 1. The lowest BCUT2D eigenvalue weighted by Gasteiger charge is -2.24. The number of anilines is 1. The number of benzene rings is 1. The zero-order valence-corrected chi connectivity index (χ0v) is 13.2. The van der Waals surface area contributed by atoms with Gasteiger partial charge in [0, 0.05) is 18.0 Å². The van der Waals surface area contributed by atoms with Crippen LogP contribution < -0.4 is 11.1 Å². The molecule has 2 aliphatic rings. The molecule has 1 aromatic rings. The fourth-order valence-corrected chi connectivity index (χ4v) is 4.20. The first-order valence-corrected chi connectivity index (χ1v) is 7.86. The molecule has 0 aromatic heterocycles. The summed E-state index contributed by atoms with van der Waals surface area (Å²) in [7, 11) is 0. The second kappa shape index (κ2) is 5.59. The molecule has 0 unspecified atom stereocenters. The standard InChI is InChI=1S/C17H20N2O5/c1-8-4-2-3-5-10(8)19-11(20)6-9-7-17(18,16(23)24)14-12(9)13(14)15(21)22/h2-5,9,12-14H,6-7,18H2,1H3,(H,19,20)(H,21,22)(H,23,24)/t9-,12-,13-,14-,17-/m0/s1. The van der Waals surface area contributed by atoms with Crippen molar-refractivity contribution in [1.29, 1.82) is 0 Å². The van der Waals surface area contributed by atoms with Crippen LogP contribution in [-0.2, 0) is 14.4 Å². The molecule has 7 nitrogen and oxygen atoms in total. The molecule has 0 bridgehead atoms. The summed E-state index contributed by atoms with van der Waals surface area (Å²) in [6, 6.07) is 7.33. The molecule has 0 heterocycles. The predicted octanol–water partition coefficient (Wildman–Crippen LogP) is 1.07. The summed E-state index contributed by atoms with van der Waals surface area (Å²) in [6.07, 6.45) is 0.203. The van der Waals surface area contributed by atoms with Crippen molar-refractivity contribution in [2.45, 2.75) is 25.3 Å². The number of para-hydroxylation sites is 1. The van der Waals surface area contributed by atoms with Crippen LogP contribution in [0.4, 0.5) is 5.69 Å². The number of carbonyl (C=O) groups is 3. The molecule has 2 fully saturated rings. The van der Waals surface area contributed by atoms with Crippen LogP contribution in [-0.4, -0.2) is 33.6 Å². The van der Waals surface area contributed by atoms with Crippen molar-refractivity contribution in [2.24, 2.45) is 29.4 Å². The minimum absolute atomic E-state index is 0.0749. The summed E-state index contributed by atoms with van der Waals surface area (Å²) in [5, 5.41) is 21.4. The van der Waals surface area contributed by atoms with Crippen molar-refractivity contribution in [3.8, 4) is 0 Å². The van der Waals surface area contributed by atoms with E-state index in [-0.39, 0.29) is 30.6 Å². The van der Waals surface area contributed by atoms with Gasteiger partial charge in [-0.1, -0.05) is 18.2 Å². The number of carboxylic acids is 2. The average molecular weight is 332 g/mol. The number of nitrogens with two attached hydrogens (primary N) is 1. The predicted molar refractivity (Wildman–Crippen MR) is 85.2 cm³/mol. The first-order chi connectivity index (χ1) is 11.3. The number of carboxylic acid groups (broad SMARTS) is 2. The largest absolute Gasteiger partial charge is 0.481 e. The summed E-state index contributed by atoms with van der Waals surface area (Å²) in [4.78, 5) is 35.1. The Morgan fingerprint density at radius 2 is 1.96 bits per heavy atom. The van der Waals surface area contributed by atoms with E-state index in [1.54, 1.807) is 6.07 Å². The minimum Gasteiger partial charge on any atom is -0.481 e. The van der Waals surface area contributed by atoms with Gasteiger partial charge in [-0.05, 0) is 36.8 Å². The van der Waals surface area contributed by atoms with Crippen LogP contribution >= 0.6 is 0 Å². The third-order valence-electron chi connectivity index (χ3n) is 5.36. The zero-order chi connectivity index (χ0) is 17.6. The Morgan fingerprint density at radius 1 is 1.29 bits per heavy atom. The van der Waals surface area contributed by atoms with Crippen LogP contribution in [0.5, 0.6) is 0 Å². The topological polar surface area (TPSA) is 130 Å². The van der Waals surface area contributed by atoms with E-state index >= 15 is 0 Å². The van der Waals surface area contributed by atoms with Crippen molar-refractivity contribution >= 4 is 23.5 Å². The summed E-state index contributed by atoms with van der Waals surface area (Å²) in [6.45, 7) is 1.87. The normalized spacial score (nSPS) is 33.6. The van der Waals surface area contributed by atoms with Crippen LogP contribution in [0.2, 0.25) is 0 Å². The second-order valence-electron chi connectivity index (χ2n) is 6.84. The lowest BCUT2D eigenvalue weighted by Crippen LogP contribution is -2.50. The van der Waals surface area contributed by atoms with E-state index in [9.17, 15) is 24.6 Å². The molecule has 2 aliphatic carbocycles. The van der Waals surface area contributed by atoms with Gasteiger partial charge < -0.3 is 21.3 Å². The molecule has 3 rings (SSSR count).